The van der Waals surface area contributed by atoms with E-state index in [-0.39, 0.29) is 30.1 Å². The fourth-order valence-electron chi connectivity index (χ4n) is 4.32. The summed E-state index contributed by atoms with van der Waals surface area (Å²) in [6.45, 7) is -0.606. The molecule has 7 atom stereocenters. The van der Waals surface area contributed by atoms with Crippen molar-refractivity contribution in [2.24, 2.45) is 0 Å². The molecule has 8 N–H and O–H groups in total. The van der Waals surface area contributed by atoms with Crippen molar-refractivity contribution in [2.75, 3.05) is 13.7 Å². The number of aliphatic hydroxyl groups is 5. The highest BCUT2D eigenvalue weighted by Gasteiger charge is 2.45. The first-order valence-corrected chi connectivity index (χ1v) is 12.1. The maximum absolute atomic E-state index is 11.0. The van der Waals surface area contributed by atoms with Gasteiger partial charge in [0.1, 0.15) is 24.4 Å². The molecule has 0 aliphatic carbocycles. The van der Waals surface area contributed by atoms with Gasteiger partial charge in [-0.1, -0.05) is 12.1 Å². The highest BCUT2D eigenvalue weighted by molar-refractivity contribution is 5.42. The topological polar surface area (TPSA) is 190 Å². The molecular formula is C26H36O11. The lowest BCUT2D eigenvalue weighted by Gasteiger charge is -2.41. The second kappa shape index (κ2) is 13.2. The number of ether oxygens (including phenoxy) is 3. The Kier molecular flexibility index (Phi) is 10.4. The number of hydrogen-bond acceptors (Lipinski definition) is 11. The van der Waals surface area contributed by atoms with Crippen LogP contribution < -0.4 is 4.74 Å². The van der Waals surface area contributed by atoms with E-state index in [1.54, 1.807) is 18.2 Å². The molecule has 3 rings (SSSR count). The Labute approximate surface area is 214 Å². The zero-order chi connectivity index (χ0) is 27.1. The molecule has 2 aromatic carbocycles. The molecule has 11 heteroatoms. The highest BCUT2D eigenvalue weighted by atomic mass is 16.7. The molecule has 2 unspecified atom stereocenters. The van der Waals surface area contributed by atoms with Crippen molar-refractivity contribution in [1.29, 1.82) is 0 Å². The van der Waals surface area contributed by atoms with Crippen molar-refractivity contribution in [2.45, 2.75) is 75.0 Å². The lowest BCUT2D eigenvalue weighted by atomic mass is 9.97. The molecule has 1 aliphatic heterocycles. The van der Waals surface area contributed by atoms with Crippen LogP contribution in [0, 0.1) is 0 Å². The second-order valence-electron chi connectivity index (χ2n) is 9.20. The van der Waals surface area contributed by atoms with E-state index in [0.717, 1.165) is 11.1 Å². The Bertz CT molecular complexity index is 998. The lowest BCUT2D eigenvalue weighted by Crippen LogP contribution is -2.60. The highest BCUT2D eigenvalue weighted by Crippen LogP contribution is 2.30. The number of rotatable bonds is 12. The van der Waals surface area contributed by atoms with Crippen molar-refractivity contribution >= 4 is 0 Å². The van der Waals surface area contributed by atoms with Crippen LogP contribution in [0.2, 0.25) is 0 Å². The average Bonchev–Trinajstić information content (AvgIpc) is 2.89. The Morgan fingerprint density at radius 1 is 0.838 bits per heavy atom. The lowest BCUT2D eigenvalue weighted by molar-refractivity contribution is -0.317. The van der Waals surface area contributed by atoms with Crippen LogP contribution >= 0.6 is 0 Å². The van der Waals surface area contributed by atoms with E-state index >= 15 is 0 Å². The van der Waals surface area contributed by atoms with Crippen LogP contribution in [0.5, 0.6) is 23.0 Å². The van der Waals surface area contributed by atoms with Crippen LogP contribution in [0.3, 0.4) is 0 Å². The molecule has 37 heavy (non-hydrogen) atoms. The third-order valence-corrected chi connectivity index (χ3v) is 6.55. The summed E-state index contributed by atoms with van der Waals surface area (Å²) < 4.78 is 16.5. The largest absolute Gasteiger partial charge is 0.504 e. The number of phenols is 3. The van der Waals surface area contributed by atoms with Gasteiger partial charge in [0.05, 0.1) is 25.9 Å². The maximum Gasteiger partial charge on any atom is 0.187 e. The zero-order valence-corrected chi connectivity index (χ0v) is 20.6. The van der Waals surface area contributed by atoms with Gasteiger partial charge in [0.2, 0.25) is 0 Å². The van der Waals surface area contributed by atoms with Crippen LogP contribution in [0.4, 0.5) is 0 Å². The van der Waals surface area contributed by atoms with Gasteiger partial charge in [0.25, 0.3) is 0 Å². The third-order valence-electron chi connectivity index (χ3n) is 6.55. The van der Waals surface area contributed by atoms with E-state index in [2.05, 4.69) is 0 Å². The minimum atomic E-state index is -1.61. The summed E-state index contributed by atoms with van der Waals surface area (Å²) in [7, 11) is 1.43. The number of aryl methyl sites for hydroxylation is 2. The van der Waals surface area contributed by atoms with Crippen molar-refractivity contribution in [3.63, 3.8) is 0 Å². The van der Waals surface area contributed by atoms with E-state index in [9.17, 15) is 40.9 Å². The first-order valence-electron chi connectivity index (χ1n) is 12.1. The fourth-order valence-corrected chi connectivity index (χ4v) is 4.32. The van der Waals surface area contributed by atoms with Gasteiger partial charge < -0.3 is 55.1 Å². The van der Waals surface area contributed by atoms with Crippen molar-refractivity contribution in [3.05, 3.63) is 47.5 Å². The minimum Gasteiger partial charge on any atom is -0.504 e. The van der Waals surface area contributed by atoms with Gasteiger partial charge in [-0.25, -0.2) is 0 Å². The fraction of sp³-hybridized carbons (Fsp3) is 0.538. The van der Waals surface area contributed by atoms with Crippen molar-refractivity contribution < 1.29 is 55.1 Å². The first kappa shape index (κ1) is 28.9. The van der Waals surface area contributed by atoms with E-state index in [1.165, 1.54) is 25.3 Å². The second-order valence-corrected chi connectivity index (χ2v) is 9.20. The Morgan fingerprint density at radius 2 is 1.51 bits per heavy atom. The summed E-state index contributed by atoms with van der Waals surface area (Å²) in [6.07, 6.45) is -7.23. The van der Waals surface area contributed by atoms with E-state index in [4.69, 9.17) is 14.2 Å². The van der Waals surface area contributed by atoms with E-state index in [0.29, 0.717) is 25.0 Å². The molecule has 0 saturated carbocycles. The number of phenolic OH excluding ortho intramolecular Hbond substituents is 3. The maximum atomic E-state index is 11.0. The Morgan fingerprint density at radius 3 is 2.16 bits per heavy atom. The normalized spacial score (nSPS) is 25.5. The summed E-state index contributed by atoms with van der Waals surface area (Å²) in [5.41, 5.74) is 1.56. The van der Waals surface area contributed by atoms with Crippen LogP contribution in [0.1, 0.15) is 30.4 Å². The van der Waals surface area contributed by atoms with Crippen LogP contribution in [0.15, 0.2) is 36.4 Å². The summed E-state index contributed by atoms with van der Waals surface area (Å²) in [5, 5.41) is 80.0. The molecule has 11 nitrogen and oxygen atoms in total. The number of methoxy groups -OCH3 is 1. The van der Waals surface area contributed by atoms with E-state index in [1.807, 2.05) is 0 Å². The number of aliphatic hydroxyl groups excluding tert-OH is 5. The summed E-state index contributed by atoms with van der Waals surface area (Å²) in [4.78, 5) is 0. The molecule has 1 saturated heterocycles. The molecule has 0 spiro atoms. The van der Waals surface area contributed by atoms with Crippen LogP contribution in [0.25, 0.3) is 0 Å². The molecule has 2 aromatic rings. The number of aromatic hydroxyl groups is 3. The average molecular weight is 525 g/mol. The van der Waals surface area contributed by atoms with E-state index < -0.39 is 49.5 Å². The zero-order valence-electron chi connectivity index (χ0n) is 20.6. The predicted molar refractivity (Wildman–Crippen MR) is 130 cm³/mol. The van der Waals surface area contributed by atoms with Gasteiger partial charge in [0.15, 0.2) is 29.3 Å². The van der Waals surface area contributed by atoms with Crippen molar-refractivity contribution in [3.8, 4) is 23.0 Å². The minimum absolute atomic E-state index is 0.0133. The number of benzene rings is 2. The van der Waals surface area contributed by atoms with Gasteiger partial charge in [-0.3, -0.25) is 0 Å². The molecule has 1 fully saturated rings. The van der Waals surface area contributed by atoms with Gasteiger partial charge in [-0.2, -0.15) is 0 Å². The quantitative estimate of drug-likeness (QED) is 0.178. The molecule has 0 amide bonds. The first-order chi connectivity index (χ1) is 17.6. The molecular weight excluding hydrogens is 488 g/mol. The summed E-state index contributed by atoms with van der Waals surface area (Å²) >= 11 is 0. The predicted octanol–water partition coefficient (Wildman–Crippen LogP) is 0.314. The molecule has 0 aromatic heterocycles. The standard InChI is InChI=1S/C26H36O11/c1-35-21-12-15(6-9-18(21)30)7-10-20(36-26-25(34)24(33)23(32)22(13-27)37-26)17(29)4-2-3-14-5-8-16(28)19(31)11-14/h5-6,8-9,11-12,17,20,22-34H,2-4,7,10,13H2,1H3/t17?,20?,22-,23-,24+,25-,26-/m1/s1. The van der Waals surface area contributed by atoms with Crippen molar-refractivity contribution in [1.82, 2.24) is 0 Å². The van der Waals surface area contributed by atoms with Crippen LogP contribution in [-0.4, -0.2) is 97.5 Å². The third kappa shape index (κ3) is 7.45. The molecule has 0 radical (unpaired) electrons. The monoisotopic (exact) mass is 524 g/mol. The summed E-state index contributed by atoms with van der Waals surface area (Å²) in [6, 6.07) is 9.35. The SMILES string of the molecule is COc1cc(CCC(O[C@@H]2O[C@H](CO)[C@@H](O)[C@H](O)[C@H]2O)C(O)CCCc2ccc(O)c(O)c2)ccc1O. The molecule has 0 bridgehead atoms. The molecule has 206 valence electrons. The molecule has 1 heterocycles. The van der Waals surface area contributed by atoms with Gasteiger partial charge in [0, 0.05) is 0 Å². The number of hydrogen-bond donors (Lipinski definition) is 8. The van der Waals surface area contributed by atoms with Crippen LogP contribution in [-0.2, 0) is 22.3 Å². The molecule has 1 aliphatic rings. The summed E-state index contributed by atoms with van der Waals surface area (Å²) in [5.74, 6) is -0.170. The van der Waals surface area contributed by atoms with Gasteiger partial charge in [-0.05, 0) is 67.5 Å². The Balaban J connectivity index is 1.69. The Hall–Kier alpha value is -2.64. The smallest absolute Gasteiger partial charge is 0.187 e. The van der Waals surface area contributed by atoms with Gasteiger partial charge >= 0.3 is 0 Å². The van der Waals surface area contributed by atoms with Gasteiger partial charge in [-0.15, -0.1) is 0 Å².